The molecule has 114 valence electrons. The van der Waals surface area contributed by atoms with Gasteiger partial charge in [0.1, 0.15) is 0 Å². The molecule has 2 heteroatoms. The lowest BCUT2D eigenvalue weighted by molar-refractivity contribution is 0.434. The Labute approximate surface area is 133 Å². The normalized spacial score (nSPS) is 22.4. The molecule has 0 aliphatic heterocycles. The van der Waals surface area contributed by atoms with Crippen LogP contribution in [-0.2, 0) is 10.8 Å². The first-order valence-corrected chi connectivity index (χ1v) is 7.92. The van der Waals surface area contributed by atoms with Crippen LogP contribution >= 0.6 is 0 Å². The molecule has 1 aromatic heterocycles. The van der Waals surface area contributed by atoms with Crippen molar-refractivity contribution in [1.82, 2.24) is 4.57 Å². The third-order valence-electron chi connectivity index (χ3n) is 5.18. The molecule has 1 unspecified atom stereocenters. The number of fused-ring (bicyclic) bond motifs is 1. The maximum absolute atomic E-state index is 9.78. The molecule has 2 aromatic rings. The zero-order chi connectivity index (χ0) is 16.3. The fourth-order valence-corrected chi connectivity index (χ4v) is 4.65. The molecule has 1 atom stereocenters. The lowest BCUT2D eigenvalue weighted by Gasteiger charge is -2.24. The van der Waals surface area contributed by atoms with Crippen molar-refractivity contribution in [2.24, 2.45) is 0 Å². The summed E-state index contributed by atoms with van der Waals surface area (Å²) in [6.45, 7) is 13.1. The number of rotatable bonds is 1. The second-order valence-electron chi connectivity index (χ2n) is 7.60. The molecule has 0 saturated carbocycles. The summed E-state index contributed by atoms with van der Waals surface area (Å²) in [6.07, 6.45) is 0.900. The Bertz CT molecular complexity index is 802. The summed E-state index contributed by atoms with van der Waals surface area (Å²) in [4.78, 5) is 0. The molecule has 0 N–H and O–H groups in total. The minimum absolute atomic E-state index is 0.0454. The fourth-order valence-electron chi connectivity index (χ4n) is 4.65. The summed E-state index contributed by atoms with van der Waals surface area (Å²) in [7, 11) is 0. The van der Waals surface area contributed by atoms with Crippen LogP contribution in [0.3, 0.4) is 0 Å². The van der Waals surface area contributed by atoms with Gasteiger partial charge in [-0.25, -0.2) is 0 Å². The van der Waals surface area contributed by atoms with Crippen molar-refractivity contribution in [2.45, 2.75) is 58.8 Å². The van der Waals surface area contributed by atoms with Gasteiger partial charge in [-0.3, -0.25) is 0 Å². The van der Waals surface area contributed by atoms with Crippen molar-refractivity contribution in [2.75, 3.05) is 0 Å². The van der Waals surface area contributed by atoms with Gasteiger partial charge in [0, 0.05) is 17.1 Å². The van der Waals surface area contributed by atoms with Crippen LogP contribution in [0.4, 0.5) is 0 Å². The zero-order valence-electron chi connectivity index (χ0n) is 14.4. The second kappa shape index (κ2) is 4.49. The molecule has 22 heavy (non-hydrogen) atoms. The van der Waals surface area contributed by atoms with E-state index in [1.807, 2.05) is 0 Å². The standard InChI is InChI=1S/C20H24N2/c1-13-8-7-9-16(10-13)22-14(2)17-18(15(22)3)20(6,12-21)11-19(17,4)5/h7-10H,11H2,1-6H3. The molecular weight excluding hydrogens is 268 g/mol. The van der Waals surface area contributed by atoms with Crippen LogP contribution in [0.2, 0.25) is 0 Å². The van der Waals surface area contributed by atoms with Crippen molar-refractivity contribution in [3.63, 3.8) is 0 Å². The van der Waals surface area contributed by atoms with Gasteiger partial charge in [0.15, 0.2) is 0 Å². The Balaban J connectivity index is 2.35. The number of hydrogen-bond donors (Lipinski definition) is 0. The first-order chi connectivity index (χ1) is 10.2. The number of hydrogen-bond acceptors (Lipinski definition) is 1. The van der Waals surface area contributed by atoms with E-state index in [2.05, 4.69) is 76.4 Å². The molecule has 0 fully saturated rings. The molecule has 1 heterocycles. The Hall–Kier alpha value is -2.01. The number of aromatic nitrogens is 1. The van der Waals surface area contributed by atoms with E-state index in [9.17, 15) is 5.26 Å². The van der Waals surface area contributed by atoms with E-state index in [0.717, 1.165) is 6.42 Å². The predicted molar refractivity (Wildman–Crippen MR) is 90.6 cm³/mol. The van der Waals surface area contributed by atoms with E-state index in [4.69, 9.17) is 0 Å². The zero-order valence-corrected chi connectivity index (χ0v) is 14.4. The maximum atomic E-state index is 9.78. The van der Waals surface area contributed by atoms with Gasteiger partial charge >= 0.3 is 0 Å². The van der Waals surface area contributed by atoms with E-state index < -0.39 is 0 Å². The van der Waals surface area contributed by atoms with Crippen molar-refractivity contribution in [3.8, 4) is 11.8 Å². The summed E-state index contributed by atoms with van der Waals surface area (Å²) >= 11 is 0. The molecule has 0 amide bonds. The Morgan fingerprint density at radius 2 is 1.68 bits per heavy atom. The molecule has 1 aromatic carbocycles. The summed E-state index contributed by atoms with van der Waals surface area (Å²) in [5.41, 5.74) is 7.23. The third kappa shape index (κ3) is 1.85. The van der Waals surface area contributed by atoms with Crippen LogP contribution in [-0.4, -0.2) is 4.57 Å². The molecule has 1 aliphatic rings. The molecule has 3 rings (SSSR count). The average Bonchev–Trinajstić information content (AvgIpc) is 2.82. The highest BCUT2D eigenvalue weighted by molar-refractivity contribution is 5.58. The molecule has 1 aliphatic carbocycles. The topological polar surface area (TPSA) is 28.7 Å². The van der Waals surface area contributed by atoms with Gasteiger partial charge in [0.25, 0.3) is 0 Å². The number of benzene rings is 1. The monoisotopic (exact) mass is 292 g/mol. The van der Waals surface area contributed by atoms with Crippen LogP contribution in [0.1, 0.15) is 55.3 Å². The van der Waals surface area contributed by atoms with Gasteiger partial charge in [-0.2, -0.15) is 5.26 Å². The van der Waals surface area contributed by atoms with Gasteiger partial charge in [0.05, 0.1) is 11.5 Å². The first kappa shape index (κ1) is 14.9. The van der Waals surface area contributed by atoms with Gasteiger partial charge in [-0.05, 0) is 68.4 Å². The van der Waals surface area contributed by atoms with Crippen LogP contribution in [0, 0.1) is 32.1 Å². The molecule has 0 spiro atoms. The first-order valence-electron chi connectivity index (χ1n) is 7.92. The van der Waals surface area contributed by atoms with E-state index in [-0.39, 0.29) is 10.8 Å². The highest BCUT2D eigenvalue weighted by Gasteiger charge is 2.49. The van der Waals surface area contributed by atoms with Crippen LogP contribution in [0.15, 0.2) is 24.3 Å². The molecule has 2 nitrogen and oxygen atoms in total. The Kier molecular flexibility index (Phi) is 3.04. The predicted octanol–water partition coefficient (Wildman–Crippen LogP) is 4.87. The summed E-state index contributed by atoms with van der Waals surface area (Å²) < 4.78 is 2.33. The maximum Gasteiger partial charge on any atom is 0.0822 e. The number of aryl methyl sites for hydroxylation is 1. The van der Waals surface area contributed by atoms with Gasteiger partial charge < -0.3 is 4.57 Å². The number of nitriles is 1. The smallest absolute Gasteiger partial charge is 0.0822 e. The van der Waals surface area contributed by atoms with E-state index in [1.54, 1.807) is 0 Å². The lowest BCUT2D eigenvalue weighted by atomic mass is 9.80. The Morgan fingerprint density at radius 1 is 1.05 bits per heavy atom. The minimum atomic E-state index is -0.386. The highest BCUT2D eigenvalue weighted by atomic mass is 15.0. The fraction of sp³-hybridized carbons (Fsp3) is 0.450. The van der Waals surface area contributed by atoms with Crippen LogP contribution < -0.4 is 0 Å². The number of nitrogens with zero attached hydrogens (tertiary/aromatic N) is 2. The van der Waals surface area contributed by atoms with Crippen LogP contribution in [0.5, 0.6) is 0 Å². The van der Waals surface area contributed by atoms with Crippen LogP contribution in [0.25, 0.3) is 5.69 Å². The van der Waals surface area contributed by atoms with Crippen molar-refractivity contribution in [3.05, 3.63) is 52.3 Å². The quantitative estimate of drug-likeness (QED) is 0.737. The van der Waals surface area contributed by atoms with Gasteiger partial charge in [0.2, 0.25) is 0 Å². The SMILES string of the molecule is Cc1cccc(-n2c(C)c3c(c2C)C(C)(C#N)CC3(C)C)c1. The Morgan fingerprint density at radius 3 is 2.27 bits per heavy atom. The lowest BCUT2D eigenvalue weighted by Crippen LogP contribution is -2.22. The van der Waals surface area contributed by atoms with E-state index >= 15 is 0 Å². The van der Waals surface area contributed by atoms with Crippen molar-refractivity contribution >= 4 is 0 Å². The minimum Gasteiger partial charge on any atom is -0.318 e. The van der Waals surface area contributed by atoms with Crippen molar-refractivity contribution < 1.29 is 0 Å². The second-order valence-corrected chi connectivity index (χ2v) is 7.60. The van der Waals surface area contributed by atoms with E-state index in [0.29, 0.717) is 0 Å². The third-order valence-corrected chi connectivity index (χ3v) is 5.18. The summed E-state index contributed by atoms with van der Waals surface area (Å²) in [6, 6.07) is 11.2. The molecule has 0 radical (unpaired) electrons. The summed E-state index contributed by atoms with van der Waals surface area (Å²) in [5.74, 6) is 0. The van der Waals surface area contributed by atoms with Gasteiger partial charge in [-0.1, -0.05) is 26.0 Å². The molecule has 0 saturated heterocycles. The largest absolute Gasteiger partial charge is 0.318 e. The van der Waals surface area contributed by atoms with Crippen molar-refractivity contribution in [1.29, 1.82) is 5.26 Å². The summed E-state index contributed by atoms with van der Waals surface area (Å²) in [5, 5.41) is 9.78. The highest BCUT2D eigenvalue weighted by Crippen LogP contribution is 2.53. The van der Waals surface area contributed by atoms with E-state index in [1.165, 1.54) is 33.8 Å². The van der Waals surface area contributed by atoms with Gasteiger partial charge in [-0.15, -0.1) is 0 Å². The molecule has 0 bridgehead atoms. The average molecular weight is 292 g/mol. The molecular formula is C20H24N2.